The molecule has 4 heteroatoms. The van der Waals surface area contributed by atoms with Crippen molar-refractivity contribution in [3.63, 3.8) is 0 Å². The molecule has 80 valence electrons. The lowest BCUT2D eigenvalue weighted by Gasteiger charge is -2.25. The summed E-state index contributed by atoms with van der Waals surface area (Å²) in [6, 6.07) is 5.03. The third kappa shape index (κ3) is 2.47. The quantitative estimate of drug-likeness (QED) is 0.636. The van der Waals surface area contributed by atoms with Gasteiger partial charge in [0.05, 0.1) is 10.6 Å². The molecular formula is C11H11ClO2S. The molecule has 0 heterocycles. The molecule has 1 aromatic carbocycles. The first-order chi connectivity index (χ1) is 7.16. The molecule has 0 atom stereocenters. The van der Waals surface area contributed by atoms with Crippen LogP contribution in [0, 0.1) is 0 Å². The standard InChI is InChI=1S/C11H11ClO2S/c12-10-5-4-8(15)6-9(10)11(13)14-7-2-1-3-7/h4-7,15H,1-3H2. The molecule has 0 N–H and O–H groups in total. The second-order valence-corrected chi connectivity index (χ2v) is 4.55. The zero-order valence-electron chi connectivity index (χ0n) is 8.07. The number of thiol groups is 1. The Morgan fingerprint density at radius 3 is 2.80 bits per heavy atom. The number of halogens is 1. The van der Waals surface area contributed by atoms with Crippen LogP contribution in [0.4, 0.5) is 0 Å². The molecule has 1 fully saturated rings. The van der Waals surface area contributed by atoms with Crippen molar-refractivity contribution in [1.29, 1.82) is 0 Å². The van der Waals surface area contributed by atoms with E-state index < -0.39 is 0 Å². The van der Waals surface area contributed by atoms with Gasteiger partial charge in [-0.15, -0.1) is 12.6 Å². The summed E-state index contributed by atoms with van der Waals surface area (Å²) >= 11 is 10.1. The first-order valence-corrected chi connectivity index (χ1v) is 5.69. The van der Waals surface area contributed by atoms with Crippen LogP contribution in [0.25, 0.3) is 0 Å². The first kappa shape index (κ1) is 10.8. The predicted molar refractivity (Wildman–Crippen MR) is 61.8 cm³/mol. The van der Waals surface area contributed by atoms with E-state index in [0.29, 0.717) is 15.5 Å². The van der Waals surface area contributed by atoms with Gasteiger partial charge in [0.1, 0.15) is 6.10 Å². The van der Waals surface area contributed by atoms with Crippen LogP contribution < -0.4 is 0 Å². The summed E-state index contributed by atoms with van der Waals surface area (Å²) in [6.07, 6.45) is 3.14. The van der Waals surface area contributed by atoms with E-state index in [9.17, 15) is 4.79 Å². The van der Waals surface area contributed by atoms with Gasteiger partial charge in [-0.2, -0.15) is 0 Å². The van der Waals surface area contributed by atoms with Gasteiger partial charge < -0.3 is 4.74 Å². The van der Waals surface area contributed by atoms with E-state index in [4.69, 9.17) is 16.3 Å². The first-order valence-electron chi connectivity index (χ1n) is 4.86. The van der Waals surface area contributed by atoms with Crippen LogP contribution >= 0.6 is 24.2 Å². The highest BCUT2D eigenvalue weighted by molar-refractivity contribution is 7.80. The van der Waals surface area contributed by atoms with Crippen molar-refractivity contribution in [3.8, 4) is 0 Å². The van der Waals surface area contributed by atoms with Crippen LogP contribution in [0.1, 0.15) is 29.6 Å². The molecule has 0 aromatic heterocycles. The molecule has 1 aliphatic carbocycles. The zero-order valence-corrected chi connectivity index (χ0v) is 9.72. The fourth-order valence-corrected chi connectivity index (χ4v) is 1.77. The van der Waals surface area contributed by atoms with Crippen LogP contribution in [0.15, 0.2) is 23.1 Å². The summed E-state index contributed by atoms with van der Waals surface area (Å²) in [6.45, 7) is 0. The molecule has 0 unspecified atom stereocenters. The van der Waals surface area contributed by atoms with E-state index in [1.165, 1.54) is 0 Å². The summed E-state index contributed by atoms with van der Waals surface area (Å²) in [7, 11) is 0. The monoisotopic (exact) mass is 242 g/mol. The SMILES string of the molecule is O=C(OC1CCC1)c1cc(S)ccc1Cl. The van der Waals surface area contributed by atoms with Crippen LogP contribution in [0.2, 0.25) is 5.02 Å². The summed E-state index contributed by atoms with van der Waals surface area (Å²) in [5, 5.41) is 0.414. The number of benzene rings is 1. The molecule has 2 nitrogen and oxygen atoms in total. The normalized spacial score (nSPS) is 15.9. The van der Waals surface area contributed by atoms with E-state index in [2.05, 4.69) is 12.6 Å². The van der Waals surface area contributed by atoms with Gasteiger partial charge in [0.15, 0.2) is 0 Å². The molecule has 15 heavy (non-hydrogen) atoms. The van der Waals surface area contributed by atoms with E-state index in [1.54, 1.807) is 18.2 Å². The van der Waals surface area contributed by atoms with Gasteiger partial charge >= 0.3 is 5.97 Å². The number of rotatable bonds is 2. The minimum Gasteiger partial charge on any atom is -0.459 e. The Labute approximate surface area is 99.0 Å². The van der Waals surface area contributed by atoms with Gasteiger partial charge in [-0.3, -0.25) is 0 Å². The smallest absolute Gasteiger partial charge is 0.339 e. The van der Waals surface area contributed by atoms with E-state index >= 15 is 0 Å². The fourth-order valence-electron chi connectivity index (χ4n) is 1.37. The van der Waals surface area contributed by atoms with Gasteiger partial charge in [-0.05, 0) is 37.5 Å². The Morgan fingerprint density at radius 1 is 1.47 bits per heavy atom. The summed E-state index contributed by atoms with van der Waals surface area (Å²) in [5.41, 5.74) is 0.399. The maximum Gasteiger partial charge on any atom is 0.339 e. The molecule has 0 spiro atoms. The molecular weight excluding hydrogens is 232 g/mol. The van der Waals surface area contributed by atoms with Crippen molar-refractivity contribution in [3.05, 3.63) is 28.8 Å². The molecule has 0 amide bonds. The lowest BCUT2D eigenvalue weighted by Crippen LogP contribution is -2.25. The van der Waals surface area contributed by atoms with Crippen molar-refractivity contribution >= 4 is 30.2 Å². The summed E-state index contributed by atoms with van der Waals surface area (Å²) < 4.78 is 5.25. The highest BCUT2D eigenvalue weighted by Gasteiger charge is 2.23. The van der Waals surface area contributed by atoms with Crippen LogP contribution in [-0.2, 0) is 4.74 Å². The highest BCUT2D eigenvalue weighted by Crippen LogP contribution is 2.26. The molecule has 0 saturated heterocycles. The number of esters is 1. The number of carbonyl (C=O) groups is 1. The van der Waals surface area contributed by atoms with Crippen molar-refractivity contribution in [2.45, 2.75) is 30.3 Å². The lowest BCUT2D eigenvalue weighted by molar-refractivity contribution is 0.00900. The average molecular weight is 243 g/mol. The van der Waals surface area contributed by atoms with Crippen LogP contribution in [0.3, 0.4) is 0 Å². The number of carbonyl (C=O) groups excluding carboxylic acids is 1. The van der Waals surface area contributed by atoms with Crippen LogP contribution in [-0.4, -0.2) is 12.1 Å². The van der Waals surface area contributed by atoms with Gasteiger partial charge in [0, 0.05) is 4.90 Å². The minimum atomic E-state index is -0.347. The Bertz CT molecular complexity index is 388. The summed E-state index contributed by atoms with van der Waals surface area (Å²) in [5.74, 6) is -0.347. The second kappa shape index (κ2) is 4.45. The number of hydrogen-bond donors (Lipinski definition) is 1. The molecule has 0 bridgehead atoms. The summed E-state index contributed by atoms with van der Waals surface area (Å²) in [4.78, 5) is 12.4. The van der Waals surface area contributed by atoms with Gasteiger partial charge in [-0.1, -0.05) is 11.6 Å². The largest absolute Gasteiger partial charge is 0.459 e. The van der Waals surface area contributed by atoms with E-state index in [0.717, 1.165) is 19.3 Å². The molecule has 0 aliphatic heterocycles. The Kier molecular flexibility index (Phi) is 3.22. The fraction of sp³-hybridized carbons (Fsp3) is 0.364. The van der Waals surface area contributed by atoms with Crippen molar-refractivity contribution < 1.29 is 9.53 Å². The van der Waals surface area contributed by atoms with E-state index in [-0.39, 0.29) is 12.1 Å². The van der Waals surface area contributed by atoms with Crippen molar-refractivity contribution in [1.82, 2.24) is 0 Å². The topological polar surface area (TPSA) is 26.3 Å². The zero-order chi connectivity index (χ0) is 10.8. The molecule has 2 rings (SSSR count). The Hall–Kier alpha value is -0.670. The number of hydrogen-bond acceptors (Lipinski definition) is 3. The van der Waals surface area contributed by atoms with Gasteiger partial charge in [0.2, 0.25) is 0 Å². The third-order valence-electron chi connectivity index (χ3n) is 2.50. The Balaban J connectivity index is 2.12. The predicted octanol–water partition coefficient (Wildman–Crippen LogP) is 3.34. The maximum absolute atomic E-state index is 11.7. The molecule has 1 aromatic rings. The maximum atomic E-state index is 11.7. The van der Waals surface area contributed by atoms with Crippen molar-refractivity contribution in [2.24, 2.45) is 0 Å². The second-order valence-electron chi connectivity index (χ2n) is 3.62. The lowest BCUT2D eigenvalue weighted by atomic mass is 9.96. The van der Waals surface area contributed by atoms with Gasteiger partial charge in [-0.25, -0.2) is 4.79 Å². The minimum absolute atomic E-state index is 0.0807. The van der Waals surface area contributed by atoms with Crippen LogP contribution in [0.5, 0.6) is 0 Å². The van der Waals surface area contributed by atoms with Gasteiger partial charge in [0.25, 0.3) is 0 Å². The molecule has 1 aliphatic rings. The average Bonchev–Trinajstić information content (AvgIpc) is 2.15. The molecule has 1 saturated carbocycles. The Morgan fingerprint density at radius 2 is 2.20 bits per heavy atom. The highest BCUT2D eigenvalue weighted by atomic mass is 35.5. The number of ether oxygens (including phenoxy) is 1. The van der Waals surface area contributed by atoms with Crippen molar-refractivity contribution in [2.75, 3.05) is 0 Å². The third-order valence-corrected chi connectivity index (χ3v) is 3.10. The molecule has 0 radical (unpaired) electrons. The van der Waals surface area contributed by atoms with E-state index in [1.807, 2.05) is 0 Å².